The predicted octanol–water partition coefficient (Wildman–Crippen LogP) is 2.52. The predicted molar refractivity (Wildman–Crippen MR) is 113 cm³/mol. The molecule has 1 amide bonds. The van der Waals surface area contributed by atoms with Crippen molar-refractivity contribution in [2.45, 2.75) is 32.7 Å². The normalized spacial score (nSPS) is 15.1. The number of nitrogens with zero attached hydrogens (tertiary/aromatic N) is 7. The Morgan fingerprint density at radius 1 is 1.10 bits per heavy atom. The van der Waals surface area contributed by atoms with Crippen LogP contribution in [0, 0.1) is 6.92 Å². The molecular formula is C21H24N8O. The molecule has 5 rings (SSSR count). The second-order valence-electron chi connectivity index (χ2n) is 7.69. The number of carbonyl (C=O) groups excluding carboxylic acids is 1. The molecule has 1 aromatic carbocycles. The molecule has 4 aromatic rings. The van der Waals surface area contributed by atoms with Gasteiger partial charge in [-0.1, -0.05) is 18.6 Å². The molecule has 0 unspecified atom stereocenters. The summed E-state index contributed by atoms with van der Waals surface area (Å²) >= 11 is 0. The molecule has 1 N–H and O–H groups in total. The van der Waals surface area contributed by atoms with E-state index in [9.17, 15) is 4.79 Å². The first kappa shape index (κ1) is 18.7. The minimum atomic E-state index is -0.287. The van der Waals surface area contributed by atoms with Crippen molar-refractivity contribution in [1.82, 2.24) is 34.0 Å². The van der Waals surface area contributed by atoms with E-state index in [4.69, 9.17) is 0 Å². The van der Waals surface area contributed by atoms with Gasteiger partial charge in [0.25, 0.3) is 11.7 Å². The fourth-order valence-electron chi connectivity index (χ4n) is 4.08. The Hall–Kier alpha value is -3.33. The summed E-state index contributed by atoms with van der Waals surface area (Å²) in [6.45, 7) is 5.80. The quantitative estimate of drug-likeness (QED) is 0.549. The first-order chi connectivity index (χ1) is 14.7. The Bertz CT molecular complexity index is 1200. The number of anilines is 1. The monoisotopic (exact) mass is 404 g/mol. The van der Waals surface area contributed by atoms with Crippen molar-refractivity contribution >= 4 is 28.7 Å². The maximum Gasteiger partial charge on any atom is 0.276 e. The molecule has 1 saturated heterocycles. The number of benzene rings is 1. The largest absolute Gasteiger partial charge is 0.309 e. The van der Waals surface area contributed by atoms with Gasteiger partial charge in [-0.2, -0.15) is 14.6 Å². The molecule has 0 saturated carbocycles. The number of nitrogens with one attached hydrogen (secondary N) is 1. The van der Waals surface area contributed by atoms with Crippen LogP contribution < -0.4 is 5.32 Å². The third-order valence-corrected chi connectivity index (χ3v) is 5.58. The molecular weight excluding hydrogens is 380 g/mol. The fourth-order valence-corrected chi connectivity index (χ4v) is 4.08. The SMILES string of the molecule is Cc1cc(C(=O)Nc2nc3ccccc3n2CCN2CCCCC2)n2ncnc2n1. The highest BCUT2D eigenvalue weighted by atomic mass is 16.2. The number of likely N-dealkylation sites (tertiary alicyclic amines) is 1. The number of carbonyl (C=O) groups is 1. The average Bonchev–Trinajstić information content (AvgIpc) is 3.36. The van der Waals surface area contributed by atoms with Crippen molar-refractivity contribution < 1.29 is 4.79 Å². The molecule has 1 aliphatic heterocycles. The Labute approximate surface area is 173 Å². The van der Waals surface area contributed by atoms with Crippen LogP contribution in [-0.2, 0) is 6.54 Å². The van der Waals surface area contributed by atoms with Crippen LogP contribution in [0.2, 0.25) is 0 Å². The van der Waals surface area contributed by atoms with Crippen LogP contribution in [0.25, 0.3) is 16.8 Å². The second-order valence-corrected chi connectivity index (χ2v) is 7.69. The number of fused-ring (bicyclic) bond motifs is 2. The lowest BCUT2D eigenvalue weighted by molar-refractivity contribution is 0.101. The Balaban J connectivity index is 1.45. The van der Waals surface area contributed by atoms with Gasteiger partial charge in [-0.25, -0.2) is 9.97 Å². The number of imidazole rings is 1. The first-order valence-corrected chi connectivity index (χ1v) is 10.4. The maximum atomic E-state index is 13.1. The van der Waals surface area contributed by atoms with E-state index in [0.29, 0.717) is 23.1 Å². The fraction of sp³-hybridized carbons (Fsp3) is 0.381. The summed E-state index contributed by atoms with van der Waals surface area (Å²) in [4.78, 5) is 28.7. The van der Waals surface area contributed by atoms with Crippen LogP contribution in [0.15, 0.2) is 36.7 Å². The van der Waals surface area contributed by atoms with Gasteiger partial charge in [0.2, 0.25) is 5.95 Å². The second kappa shape index (κ2) is 7.83. The molecule has 4 heterocycles. The van der Waals surface area contributed by atoms with Crippen LogP contribution in [0.1, 0.15) is 35.4 Å². The van der Waals surface area contributed by atoms with Crippen LogP contribution in [0.4, 0.5) is 5.95 Å². The molecule has 0 bridgehead atoms. The molecule has 1 aliphatic rings. The minimum Gasteiger partial charge on any atom is -0.309 e. The Morgan fingerprint density at radius 3 is 2.80 bits per heavy atom. The zero-order valence-corrected chi connectivity index (χ0v) is 17.0. The molecule has 0 aliphatic carbocycles. The van der Waals surface area contributed by atoms with E-state index in [-0.39, 0.29) is 5.91 Å². The van der Waals surface area contributed by atoms with Crippen molar-refractivity contribution in [3.05, 3.63) is 48.0 Å². The summed E-state index contributed by atoms with van der Waals surface area (Å²) in [7, 11) is 0. The molecule has 9 heteroatoms. The van der Waals surface area contributed by atoms with Gasteiger partial charge in [-0.15, -0.1) is 0 Å². The number of piperidine rings is 1. The number of aromatic nitrogens is 6. The van der Waals surface area contributed by atoms with Crippen molar-refractivity contribution in [3.63, 3.8) is 0 Å². The van der Waals surface area contributed by atoms with Gasteiger partial charge in [-0.05, 0) is 51.1 Å². The van der Waals surface area contributed by atoms with Crippen molar-refractivity contribution in [1.29, 1.82) is 0 Å². The average molecular weight is 404 g/mol. The van der Waals surface area contributed by atoms with Crippen molar-refractivity contribution in [2.24, 2.45) is 0 Å². The third kappa shape index (κ3) is 3.52. The van der Waals surface area contributed by atoms with Gasteiger partial charge in [0.1, 0.15) is 12.0 Å². The molecule has 9 nitrogen and oxygen atoms in total. The number of para-hydroxylation sites is 2. The van der Waals surface area contributed by atoms with E-state index in [2.05, 4.69) is 34.8 Å². The summed E-state index contributed by atoms with van der Waals surface area (Å²) in [5.74, 6) is 0.658. The lowest BCUT2D eigenvalue weighted by Gasteiger charge is -2.26. The Morgan fingerprint density at radius 2 is 1.93 bits per heavy atom. The zero-order valence-electron chi connectivity index (χ0n) is 17.0. The molecule has 30 heavy (non-hydrogen) atoms. The van der Waals surface area contributed by atoms with E-state index in [1.807, 2.05) is 31.2 Å². The van der Waals surface area contributed by atoms with Crippen LogP contribution >= 0.6 is 0 Å². The highest BCUT2D eigenvalue weighted by molar-refractivity contribution is 6.03. The number of rotatable bonds is 5. The van der Waals surface area contributed by atoms with E-state index >= 15 is 0 Å². The highest BCUT2D eigenvalue weighted by Gasteiger charge is 2.19. The standard InChI is InChI=1S/C21H24N8O/c1-15-13-18(29-20(24-15)22-14-23-29)19(30)26-21-25-16-7-3-4-8-17(16)28(21)12-11-27-9-5-2-6-10-27/h3-4,7-8,13-14H,2,5-6,9-12H2,1H3,(H,25,26,30). The van der Waals surface area contributed by atoms with Gasteiger partial charge in [-0.3, -0.25) is 10.1 Å². The van der Waals surface area contributed by atoms with Crippen LogP contribution in [0.3, 0.4) is 0 Å². The first-order valence-electron chi connectivity index (χ1n) is 10.4. The van der Waals surface area contributed by atoms with Gasteiger partial charge in [0.05, 0.1) is 11.0 Å². The van der Waals surface area contributed by atoms with Crippen molar-refractivity contribution in [2.75, 3.05) is 25.0 Å². The van der Waals surface area contributed by atoms with Crippen molar-refractivity contribution in [3.8, 4) is 0 Å². The molecule has 0 radical (unpaired) electrons. The Kier molecular flexibility index (Phi) is 4.88. The van der Waals surface area contributed by atoms with E-state index < -0.39 is 0 Å². The van der Waals surface area contributed by atoms with E-state index in [1.54, 1.807) is 6.07 Å². The highest BCUT2D eigenvalue weighted by Crippen LogP contribution is 2.21. The van der Waals surface area contributed by atoms with E-state index in [1.165, 1.54) is 30.1 Å². The number of aryl methyl sites for hydroxylation is 1. The van der Waals surface area contributed by atoms with Gasteiger partial charge in [0.15, 0.2) is 0 Å². The molecule has 0 atom stereocenters. The lowest BCUT2D eigenvalue weighted by Crippen LogP contribution is -2.33. The lowest BCUT2D eigenvalue weighted by atomic mass is 10.1. The van der Waals surface area contributed by atoms with Gasteiger partial charge in [0, 0.05) is 18.8 Å². The summed E-state index contributed by atoms with van der Waals surface area (Å²) < 4.78 is 3.54. The number of hydrogen-bond acceptors (Lipinski definition) is 6. The van der Waals surface area contributed by atoms with Crippen LogP contribution in [0.5, 0.6) is 0 Å². The topological polar surface area (TPSA) is 93.2 Å². The third-order valence-electron chi connectivity index (χ3n) is 5.58. The summed E-state index contributed by atoms with van der Waals surface area (Å²) in [6, 6.07) is 9.67. The van der Waals surface area contributed by atoms with E-state index in [0.717, 1.165) is 37.2 Å². The number of hydrogen-bond donors (Lipinski definition) is 1. The zero-order chi connectivity index (χ0) is 20.5. The van der Waals surface area contributed by atoms with Gasteiger partial charge >= 0.3 is 0 Å². The molecule has 3 aromatic heterocycles. The van der Waals surface area contributed by atoms with Crippen LogP contribution in [-0.4, -0.2) is 59.6 Å². The summed E-state index contributed by atoms with van der Waals surface area (Å²) in [5.41, 5.74) is 2.97. The summed E-state index contributed by atoms with van der Waals surface area (Å²) in [5, 5.41) is 7.12. The smallest absolute Gasteiger partial charge is 0.276 e. The molecule has 154 valence electrons. The molecule has 0 spiro atoms. The number of amides is 1. The maximum absolute atomic E-state index is 13.1. The molecule has 1 fully saturated rings. The minimum absolute atomic E-state index is 0.287. The summed E-state index contributed by atoms with van der Waals surface area (Å²) in [6.07, 6.45) is 5.22. The van der Waals surface area contributed by atoms with Gasteiger partial charge < -0.3 is 9.47 Å².